The third-order valence-electron chi connectivity index (χ3n) is 2.34. The molecule has 0 saturated heterocycles. The highest BCUT2D eigenvalue weighted by Crippen LogP contribution is 2.29. The molecule has 3 heteroatoms. The molecule has 96 valence electrons. The monoisotopic (exact) mass is 271 g/mol. The summed E-state index contributed by atoms with van der Waals surface area (Å²) >= 11 is 8.17. The zero-order valence-electron chi connectivity index (χ0n) is 11.1. The molecule has 0 heterocycles. The van der Waals surface area contributed by atoms with Gasteiger partial charge in [0.25, 0.3) is 0 Å². The first kappa shape index (κ1) is 14.9. The summed E-state index contributed by atoms with van der Waals surface area (Å²) in [6.45, 7) is 9.63. The number of rotatable bonds is 6. The minimum atomic E-state index is 0.481. The fraction of sp³-hybridized carbons (Fsp3) is 0.571. The predicted octanol–water partition coefficient (Wildman–Crippen LogP) is 4.59. The van der Waals surface area contributed by atoms with E-state index in [9.17, 15) is 0 Å². The van der Waals surface area contributed by atoms with Crippen molar-refractivity contribution in [2.45, 2.75) is 45.2 Å². The maximum atomic E-state index is 6.27. The Morgan fingerprint density at radius 2 is 1.94 bits per heavy atom. The Morgan fingerprint density at radius 1 is 1.24 bits per heavy atom. The van der Waals surface area contributed by atoms with E-state index < -0.39 is 0 Å². The molecule has 0 aliphatic rings. The molecule has 0 radical (unpaired) electrons. The van der Waals surface area contributed by atoms with Gasteiger partial charge in [-0.2, -0.15) is 0 Å². The molecule has 0 atom stereocenters. The smallest absolute Gasteiger partial charge is 0.0462 e. The summed E-state index contributed by atoms with van der Waals surface area (Å²) in [5, 5.41) is 4.30. The molecule has 0 bridgehead atoms. The number of nitrogens with one attached hydrogen (secondary N) is 1. The summed E-state index contributed by atoms with van der Waals surface area (Å²) in [5.74, 6) is 1.83. The SMILES string of the molecule is CC(C)CSc1cccc(Cl)c1CNC(C)C. The molecule has 0 unspecified atom stereocenters. The standard InChI is InChI=1S/C14H22ClNS/c1-10(2)9-17-14-7-5-6-13(15)12(14)8-16-11(3)4/h5-7,10-11,16H,8-9H2,1-4H3. The van der Waals surface area contributed by atoms with Gasteiger partial charge in [-0.25, -0.2) is 0 Å². The molecule has 1 aromatic carbocycles. The van der Waals surface area contributed by atoms with Crippen LogP contribution in [0.4, 0.5) is 0 Å². The van der Waals surface area contributed by atoms with E-state index in [1.54, 1.807) is 0 Å². The van der Waals surface area contributed by atoms with Gasteiger partial charge in [0.05, 0.1) is 0 Å². The normalized spacial score (nSPS) is 11.5. The van der Waals surface area contributed by atoms with E-state index in [0.717, 1.165) is 17.3 Å². The highest BCUT2D eigenvalue weighted by Gasteiger charge is 2.08. The van der Waals surface area contributed by atoms with Gasteiger partial charge in [-0.15, -0.1) is 11.8 Å². The molecule has 0 aromatic heterocycles. The second-order valence-electron chi connectivity index (χ2n) is 4.96. The second-order valence-corrected chi connectivity index (χ2v) is 6.43. The van der Waals surface area contributed by atoms with Gasteiger partial charge in [0.2, 0.25) is 0 Å². The van der Waals surface area contributed by atoms with Crippen LogP contribution in [0.2, 0.25) is 5.02 Å². The lowest BCUT2D eigenvalue weighted by atomic mass is 10.2. The van der Waals surface area contributed by atoms with Crippen LogP contribution in [-0.2, 0) is 6.54 Å². The van der Waals surface area contributed by atoms with Gasteiger partial charge in [-0.3, -0.25) is 0 Å². The summed E-state index contributed by atoms with van der Waals surface area (Å²) in [6, 6.07) is 6.65. The fourth-order valence-electron chi connectivity index (χ4n) is 1.41. The Morgan fingerprint density at radius 3 is 2.53 bits per heavy atom. The van der Waals surface area contributed by atoms with Crippen LogP contribution >= 0.6 is 23.4 Å². The summed E-state index contributed by atoms with van der Waals surface area (Å²) in [5.41, 5.74) is 1.23. The maximum Gasteiger partial charge on any atom is 0.0462 e. The lowest BCUT2D eigenvalue weighted by molar-refractivity contribution is 0.585. The Hall–Kier alpha value is -0.180. The van der Waals surface area contributed by atoms with Crippen LogP contribution in [0.5, 0.6) is 0 Å². The molecule has 1 nitrogen and oxygen atoms in total. The van der Waals surface area contributed by atoms with E-state index in [2.05, 4.69) is 39.1 Å². The molecule has 17 heavy (non-hydrogen) atoms. The van der Waals surface area contributed by atoms with Crippen molar-refractivity contribution < 1.29 is 0 Å². The quantitative estimate of drug-likeness (QED) is 0.760. The predicted molar refractivity (Wildman–Crippen MR) is 79.0 cm³/mol. The first-order chi connectivity index (χ1) is 8.00. The molecule has 0 aliphatic carbocycles. The van der Waals surface area contributed by atoms with Crippen LogP contribution in [0.15, 0.2) is 23.1 Å². The van der Waals surface area contributed by atoms with Crippen molar-refractivity contribution in [2.24, 2.45) is 5.92 Å². The third-order valence-corrected chi connectivity index (χ3v) is 4.22. The zero-order chi connectivity index (χ0) is 12.8. The largest absolute Gasteiger partial charge is 0.310 e. The zero-order valence-corrected chi connectivity index (χ0v) is 12.7. The van der Waals surface area contributed by atoms with Crippen LogP contribution in [-0.4, -0.2) is 11.8 Å². The Bertz CT molecular complexity index is 350. The highest BCUT2D eigenvalue weighted by atomic mass is 35.5. The molecular weight excluding hydrogens is 250 g/mol. The molecular formula is C14H22ClNS. The first-order valence-corrected chi connectivity index (χ1v) is 7.50. The maximum absolute atomic E-state index is 6.27. The molecule has 0 fully saturated rings. The van der Waals surface area contributed by atoms with Crippen molar-refractivity contribution in [1.82, 2.24) is 5.32 Å². The molecule has 0 saturated carbocycles. The minimum absolute atomic E-state index is 0.481. The Kier molecular flexibility index (Phi) is 6.39. The van der Waals surface area contributed by atoms with E-state index in [0.29, 0.717) is 12.0 Å². The number of benzene rings is 1. The van der Waals surface area contributed by atoms with E-state index in [4.69, 9.17) is 11.6 Å². The highest BCUT2D eigenvalue weighted by molar-refractivity contribution is 7.99. The van der Waals surface area contributed by atoms with Gasteiger partial charge in [-0.1, -0.05) is 45.4 Å². The van der Waals surface area contributed by atoms with Gasteiger partial charge >= 0.3 is 0 Å². The minimum Gasteiger partial charge on any atom is -0.310 e. The van der Waals surface area contributed by atoms with Gasteiger partial charge in [-0.05, 0) is 23.6 Å². The molecule has 1 aromatic rings. The summed E-state index contributed by atoms with van der Waals surface area (Å²) < 4.78 is 0. The Balaban J connectivity index is 2.76. The Labute approximate surface area is 114 Å². The third kappa shape index (κ3) is 5.33. The second kappa shape index (κ2) is 7.30. The molecule has 0 spiro atoms. The van der Waals surface area contributed by atoms with Crippen LogP contribution in [0.3, 0.4) is 0 Å². The van der Waals surface area contributed by atoms with Crippen molar-refractivity contribution in [3.63, 3.8) is 0 Å². The molecule has 1 N–H and O–H groups in total. The van der Waals surface area contributed by atoms with Crippen LogP contribution in [0.25, 0.3) is 0 Å². The van der Waals surface area contributed by atoms with E-state index in [1.807, 2.05) is 23.9 Å². The summed E-state index contributed by atoms with van der Waals surface area (Å²) in [6.07, 6.45) is 0. The number of halogens is 1. The van der Waals surface area contributed by atoms with Crippen molar-refractivity contribution in [3.8, 4) is 0 Å². The fourth-order valence-corrected chi connectivity index (χ4v) is 2.75. The number of hydrogen-bond donors (Lipinski definition) is 1. The van der Waals surface area contributed by atoms with Crippen molar-refractivity contribution in [3.05, 3.63) is 28.8 Å². The van der Waals surface area contributed by atoms with Crippen LogP contribution < -0.4 is 5.32 Å². The van der Waals surface area contributed by atoms with Crippen molar-refractivity contribution in [1.29, 1.82) is 0 Å². The van der Waals surface area contributed by atoms with E-state index in [1.165, 1.54) is 10.5 Å². The topological polar surface area (TPSA) is 12.0 Å². The van der Waals surface area contributed by atoms with Gasteiger partial charge in [0.15, 0.2) is 0 Å². The summed E-state index contributed by atoms with van der Waals surface area (Å²) in [4.78, 5) is 1.30. The first-order valence-electron chi connectivity index (χ1n) is 6.14. The van der Waals surface area contributed by atoms with Gasteiger partial charge < -0.3 is 5.32 Å². The van der Waals surface area contributed by atoms with E-state index >= 15 is 0 Å². The van der Waals surface area contributed by atoms with Crippen molar-refractivity contribution >= 4 is 23.4 Å². The average Bonchev–Trinajstić information content (AvgIpc) is 2.24. The van der Waals surface area contributed by atoms with E-state index in [-0.39, 0.29) is 0 Å². The van der Waals surface area contributed by atoms with Gasteiger partial charge in [0.1, 0.15) is 0 Å². The lowest BCUT2D eigenvalue weighted by Crippen LogP contribution is -2.22. The lowest BCUT2D eigenvalue weighted by Gasteiger charge is -2.14. The molecule has 0 amide bonds. The summed E-state index contributed by atoms with van der Waals surface area (Å²) in [7, 11) is 0. The molecule has 1 rings (SSSR count). The molecule has 0 aliphatic heterocycles. The van der Waals surface area contributed by atoms with Gasteiger partial charge in [0, 0.05) is 28.3 Å². The number of thioether (sulfide) groups is 1. The van der Waals surface area contributed by atoms with Crippen molar-refractivity contribution in [2.75, 3.05) is 5.75 Å². The van der Waals surface area contributed by atoms with Crippen LogP contribution in [0, 0.1) is 5.92 Å². The average molecular weight is 272 g/mol. The number of hydrogen-bond acceptors (Lipinski definition) is 2. The van der Waals surface area contributed by atoms with Crippen LogP contribution in [0.1, 0.15) is 33.3 Å².